The number of hydrogen-bond donors (Lipinski definition) is 1. The van der Waals surface area contributed by atoms with Gasteiger partial charge in [0.2, 0.25) is 0 Å². The van der Waals surface area contributed by atoms with Gasteiger partial charge >= 0.3 is 0 Å². The van der Waals surface area contributed by atoms with Gasteiger partial charge in [0.25, 0.3) is 0 Å². The van der Waals surface area contributed by atoms with Crippen molar-refractivity contribution in [2.45, 2.75) is 24.0 Å². The van der Waals surface area contributed by atoms with Crippen LogP contribution >= 0.6 is 35.6 Å². The standard InChI is InChI=1S/C13H12ClNO2S2/c1-8-12(19-13(18)15-8)11(6-16)17-7-9-2-4-10(14)5-3-9/h2-6,11H,7H2,1H3,(H,15,18). The Bertz CT molecular complexity index is 569. The van der Waals surface area contributed by atoms with Gasteiger partial charge in [0, 0.05) is 5.02 Å². The smallest absolute Gasteiger partial charge is 0.154 e. The largest absolute Gasteiger partial charge is 0.360 e. The third-order valence-electron chi connectivity index (χ3n) is 2.55. The summed E-state index contributed by atoms with van der Waals surface area (Å²) in [6, 6.07) is 7.32. The van der Waals surface area contributed by atoms with Crippen molar-refractivity contribution in [3.63, 3.8) is 0 Å². The van der Waals surface area contributed by atoms with Gasteiger partial charge in [-0.15, -0.1) is 24.0 Å². The van der Waals surface area contributed by atoms with Crippen LogP contribution in [-0.2, 0) is 16.1 Å². The van der Waals surface area contributed by atoms with E-state index < -0.39 is 6.10 Å². The van der Waals surface area contributed by atoms with Gasteiger partial charge in [-0.05, 0) is 24.6 Å². The first kappa shape index (κ1) is 14.5. The lowest BCUT2D eigenvalue weighted by atomic mass is 10.2. The quantitative estimate of drug-likeness (QED) is 0.673. The molecule has 3 nitrogen and oxygen atoms in total. The minimum atomic E-state index is -0.603. The summed E-state index contributed by atoms with van der Waals surface area (Å²) in [5.41, 5.74) is 1.74. The summed E-state index contributed by atoms with van der Waals surface area (Å²) in [5, 5.41) is 0.675. The van der Waals surface area contributed by atoms with Crippen molar-refractivity contribution in [1.82, 2.24) is 4.98 Å². The fourth-order valence-electron chi connectivity index (χ4n) is 1.60. The molecule has 19 heavy (non-hydrogen) atoms. The van der Waals surface area contributed by atoms with Crippen LogP contribution in [0.2, 0.25) is 5.02 Å². The maximum Gasteiger partial charge on any atom is 0.154 e. The Morgan fingerprint density at radius 1 is 1.47 bits per heavy atom. The van der Waals surface area contributed by atoms with Gasteiger partial charge < -0.3 is 9.53 Å². The molecule has 0 saturated carbocycles. The summed E-state index contributed by atoms with van der Waals surface area (Å²) < 4.78 is 6.26. The Hall–Kier alpha value is -0.880. The van der Waals surface area contributed by atoms with Crippen LogP contribution in [0.1, 0.15) is 22.2 Å². The van der Waals surface area contributed by atoms with Crippen LogP contribution in [0, 0.1) is 6.92 Å². The first-order valence-corrected chi connectivity index (χ1v) is 7.22. The Morgan fingerprint density at radius 2 is 2.16 bits per heavy atom. The highest BCUT2D eigenvalue weighted by atomic mass is 35.5. The number of thiol groups is 1. The van der Waals surface area contributed by atoms with Crippen LogP contribution in [0.25, 0.3) is 0 Å². The molecule has 0 amide bonds. The van der Waals surface area contributed by atoms with Gasteiger partial charge in [0.15, 0.2) is 6.29 Å². The van der Waals surface area contributed by atoms with Crippen LogP contribution in [0.3, 0.4) is 0 Å². The number of rotatable bonds is 5. The number of nitrogens with zero attached hydrogens (tertiary/aromatic N) is 1. The average molecular weight is 314 g/mol. The summed E-state index contributed by atoms with van der Waals surface area (Å²) in [7, 11) is 0. The van der Waals surface area contributed by atoms with Crippen molar-refractivity contribution in [2.24, 2.45) is 0 Å². The zero-order valence-corrected chi connectivity index (χ0v) is 12.6. The van der Waals surface area contributed by atoms with Crippen molar-refractivity contribution < 1.29 is 9.53 Å². The molecule has 6 heteroatoms. The summed E-state index contributed by atoms with van der Waals surface area (Å²) in [6.45, 7) is 2.19. The molecule has 1 heterocycles. The molecular formula is C13H12ClNO2S2. The van der Waals surface area contributed by atoms with Crippen LogP contribution < -0.4 is 0 Å². The lowest BCUT2D eigenvalue weighted by molar-refractivity contribution is -0.119. The summed E-state index contributed by atoms with van der Waals surface area (Å²) in [5.74, 6) is 0. The highest BCUT2D eigenvalue weighted by Crippen LogP contribution is 2.29. The number of ether oxygens (including phenoxy) is 1. The van der Waals surface area contributed by atoms with Crippen LogP contribution in [0.4, 0.5) is 0 Å². The second-order valence-electron chi connectivity index (χ2n) is 3.94. The first-order valence-electron chi connectivity index (χ1n) is 5.58. The Balaban J connectivity index is 2.06. The summed E-state index contributed by atoms with van der Waals surface area (Å²) in [4.78, 5) is 16.1. The molecule has 1 aromatic carbocycles. The molecule has 0 aliphatic heterocycles. The van der Waals surface area contributed by atoms with Crippen LogP contribution in [-0.4, -0.2) is 11.3 Å². The van der Waals surface area contributed by atoms with Crippen molar-refractivity contribution in [1.29, 1.82) is 0 Å². The molecule has 1 unspecified atom stereocenters. The summed E-state index contributed by atoms with van der Waals surface area (Å²) >= 11 is 11.3. The number of carbonyl (C=O) groups is 1. The van der Waals surface area contributed by atoms with E-state index in [-0.39, 0.29) is 0 Å². The molecule has 1 atom stereocenters. The maximum atomic E-state index is 11.2. The lowest BCUT2D eigenvalue weighted by Crippen LogP contribution is -2.05. The number of carbonyl (C=O) groups excluding carboxylic acids is 1. The van der Waals surface area contributed by atoms with Crippen molar-refractivity contribution in [3.05, 3.63) is 45.4 Å². The molecule has 0 N–H and O–H groups in total. The molecule has 0 saturated heterocycles. The second-order valence-corrected chi connectivity index (χ2v) is 6.13. The van der Waals surface area contributed by atoms with E-state index in [4.69, 9.17) is 16.3 Å². The van der Waals surface area contributed by atoms with E-state index in [9.17, 15) is 4.79 Å². The van der Waals surface area contributed by atoms with Gasteiger partial charge in [0.05, 0.1) is 17.2 Å². The van der Waals surface area contributed by atoms with Crippen LogP contribution in [0.5, 0.6) is 0 Å². The molecule has 0 spiro atoms. The predicted octanol–water partition coefficient (Wildman–Crippen LogP) is 3.85. The normalized spacial score (nSPS) is 12.4. The molecule has 0 bridgehead atoms. The van der Waals surface area contributed by atoms with E-state index >= 15 is 0 Å². The van der Waals surface area contributed by atoms with Crippen molar-refractivity contribution in [3.8, 4) is 0 Å². The molecule has 2 rings (SSSR count). The molecule has 0 aliphatic rings. The predicted molar refractivity (Wildman–Crippen MR) is 79.1 cm³/mol. The minimum absolute atomic E-state index is 0.347. The number of benzene rings is 1. The minimum Gasteiger partial charge on any atom is -0.360 e. The van der Waals surface area contributed by atoms with Gasteiger partial charge in [-0.3, -0.25) is 0 Å². The van der Waals surface area contributed by atoms with E-state index in [1.54, 1.807) is 12.1 Å². The van der Waals surface area contributed by atoms with Gasteiger partial charge in [-0.2, -0.15) is 0 Å². The van der Waals surface area contributed by atoms with Crippen LogP contribution in [0.15, 0.2) is 28.6 Å². The average Bonchev–Trinajstić information content (AvgIpc) is 2.72. The monoisotopic (exact) mass is 313 g/mol. The van der Waals surface area contributed by atoms with E-state index in [0.717, 1.165) is 22.4 Å². The molecular weight excluding hydrogens is 302 g/mol. The van der Waals surface area contributed by atoms with E-state index in [0.29, 0.717) is 16.0 Å². The van der Waals surface area contributed by atoms with Gasteiger partial charge in [0.1, 0.15) is 10.4 Å². The number of hydrogen-bond acceptors (Lipinski definition) is 5. The Kier molecular flexibility index (Phi) is 4.99. The molecule has 0 radical (unpaired) electrons. The lowest BCUT2D eigenvalue weighted by Gasteiger charge is -2.11. The fourth-order valence-corrected chi connectivity index (χ4v) is 2.98. The zero-order chi connectivity index (χ0) is 13.8. The van der Waals surface area contributed by atoms with E-state index in [2.05, 4.69) is 17.6 Å². The number of halogens is 1. The molecule has 100 valence electrons. The second kappa shape index (κ2) is 6.52. The highest BCUT2D eigenvalue weighted by Gasteiger charge is 2.17. The number of thiazole rings is 1. The fraction of sp³-hybridized carbons (Fsp3) is 0.231. The van der Waals surface area contributed by atoms with Crippen molar-refractivity contribution in [2.75, 3.05) is 0 Å². The SMILES string of the molecule is Cc1nc(S)sc1C(C=O)OCc1ccc(Cl)cc1. The number of aryl methyl sites for hydroxylation is 1. The van der Waals surface area contributed by atoms with Crippen molar-refractivity contribution >= 4 is 41.9 Å². The molecule has 1 aromatic heterocycles. The molecule has 0 fully saturated rings. The van der Waals surface area contributed by atoms with E-state index in [1.807, 2.05) is 19.1 Å². The highest BCUT2D eigenvalue weighted by molar-refractivity contribution is 7.82. The first-order chi connectivity index (χ1) is 9.10. The summed E-state index contributed by atoms with van der Waals surface area (Å²) in [6.07, 6.45) is 0.179. The maximum absolute atomic E-state index is 11.2. The molecule has 0 aliphatic carbocycles. The molecule has 2 aromatic rings. The van der Waals surface area contributed by atoms with Gasteiger partial charge in [-0.1, -0.05) is 23.7 Å². The topological polar surface area (TPSA) is 39.2 Å². The number of aldehydes is 1. The van der Waals surface area contributed by atoms with E-state index in [1.165, 1.54) is 11.3 Å². The number of aromatic nitrogens is 1. The van der Waals surface area contributed by atoms with Gasteiger partial charge in [-0.25, -0.2) is 4.98 Å². The zero-order valence-electron chi connectivity index (χ0n) is 10.2. The Morgan fingerprint density at radius 3 is 2.68 bits per heavy atom. The third kappa shape index (κ3) is 3.79. The Labute approximate surface area is 126 Å². The third-order valence-corrected chi connectivity index (χ3v) is 4.19.